The molecule has 0 spiro atoms. The summed E-state index contributed by atoms with van der Waals surface area (Å²) in [5.41, 5.74) is 5.14. The van der Waals surface area contributed by atoms with Crippen LogP contribution in [-0.4, -0.2) is 85.2 Å². The lowest BCUT2D eigenvalue weighted by atomic mass is 10.1. The summed E-state index contributed by atoms with van der Waals surface area (Å²) in [5, 5.41) is 15.7. The van der Waals surface area contributed by atoms with E-state index in [2.05, 4.69) is 15.4 Å². The molecule has 2 heterocycles. The number of nitrogens with two attached hydrogens (primary N) is 1. The Morgan fingerprint density at radius 3 is 2.67 bits per heavy atom. The normalized spacial score (nSPS) is 17.2. The molecule has 0 aromatic carbocycles. The van der Waals surface area contributed by atoms with Crippen molar-refractivity contribution in [1.29, 1.82) is 0 Å². The number of carbonyl (C=O) groups excluding carboxylic acids is 4. The second-order valence-corrected chi connectivity index (χ2v) is 6.30. The Balaban J connectivity index is 2.07. The van der Waals surface area contributed by atoms with Gasteiger partial charge in [-0.2, -0.15) is 5.10 Å². The first-order valence-corrected chi connectivity index (χ1v) is 8.38. The van der Waals surface area contributed by atoms with Gasteiger partial charge in [0.05, 0.1) is 12.8 Å². The molecule has 2 atom stereocenters. The third-order valence-electron chi connectivity index (χ3n) is 4.14. The number of nitrogens with one attached hydrogen (secondary N) is 1. The third-order valence-corrected chi connectivity index (χ3v) is 4.14. The topological polar surface area (TPSA) is 164 Å². The van der Waals surface area contributed by atoms with Crippen LogP contribution in [0.5, 0.6) is 0 Å². The van der Waals surface area contributed by atoms with E-state index in [1.54, 1.807) is 7.05 Å². The fourth-order valence-corrected chi connectivity index (χ4v) is 2.69. The largest absolute Gasteiger partial charge is 0.391 e. The summed E-state index contributed by atoms with van der Waals surface area (Å²) in [5.74, 6) is -2.14. The molecule has 0 saturated carbocycles. The summed E-state index contributed by atoms with van der Waals surface area (Å²) in [6.45, 7) is 1.16. The molecule has 1 aromatic rings. The van der Waals surface area contributed by atoms with Gasteiger partial charge < -0.3 is 26.0 Å². The van der Waals surface area contributed by atoms with Gasteiger partial charge in [0.15, 0.2) is 0 Å². The zero-order chi connectivity index (χ0) is 20.1. The molecule has 12 nitrogen and oxygen atoms in total. The summed E-state index contributed by atoms with van der Waals surface area (Å²) in [6, 6.07) is -1.27. The zero-order valence-electron chi connectivity index (χ0n) is 15.2. The highest BCUT2D eigenvalue weighted by Gasteiger charge is 2.30. The van der Waals surface area contributed by atoms with Crippen LogP contribution in [0.1, 0.15) is 30.4 Å². The third kappa shape index (κ3) is 5.00. The number of amides is 4. The SMILES string of the molecule is CC(O)C(NC(=O)CN1CN(C(=O)c2ncnn2C)CCCC1=O)C(N)=O. The molecule has 2 rings (SSSR count). The first-order valence-electron chi connectivity index (χ1n) is 8.38. The van der Waals surface area contributed by atoms with Crippen LogP contribution < -0.4 is 11.1 Å². The Labute approximate surface area is 155 Å². The van der Waals surface area contributed by atoms with Crippen LogP contribution in [-0.2, 0) is 21.4 Å². The van der Waals surface area contributed by atoms with E-state index in [0.29, 0.717) is 13.0 Å². The predicted octanol–water partition coefficient (Wildman–Crippen LogP) is -2.81. The summed E-state index contributed by atoms with van der Waals surface area (Å²) >= 11 is 0. The van der Waals surface area contributed by atoms with E-state index in [4.69, 9.17) is 5.73 Å². The summed E-state index contributed by atoms with van der Waals surface area (Å²) < 4.78 is 1.33. The lowest BCUT2D eigenvalue weighted by Gasteiger charge is -2.27. The van der Waals surface area contributed by atoms with E-state index in [9.17, 15) is 24.3 Å². The van der Waals surface area contributed by atoms with Crippen LogP contribution in [0.15, 0.2) is 6.33 Å². The van der Waals surface area contributed by atoms with Gasteiger partial charge in [0.2, 0.25) is 23.5 Å². The number of aryl methyl sites for hydroxylation is 1. The highest BCUT2D eigenvalue weighted by atomic mass is 16.3. The molecule has 1 saturated heterocycles. The van der Waals surface area contributed by atoms with Gasteiger partial charge in [-0.25, -0.2) is 9.67 Å². The second-order valence-electron chi connectivity index (χ2n) is 6.30. The first-order chi connectivity index (χ1) is 12.7. The van der Waals surface area contributed by atoms with Crippen molar-refractivity contribution in [2.75, 3.05) is 19.8 Å². The van der Waals surface area contributed by atoms with E-state index >= 15 is 0 Å². The molecule has 0 bridgehead atoms. The summed E-state index contributed by atoms with van der Waals surface area (Å²) in [7, 11) is 1.58. The number of aromatic nitrogens is 3. The molecule has 148 valence electrons. The van der Waals surface area contributed by atoms with E-state index in [0.717, 1.165) is 0 Å². The number of carbonyl (C=O) groups is 4. The number of nitrogens with zero attached hydrogens (tertiary/aromatic N) is 5. The zero-order valence-corrected chi connectivity index (χ0v) is 15.2. The first kappa shape index (κ1) is 20.3. The Morgan fingerprint density at radius 1 is 1.41 bits per heavy atom. The fourth-order valence-electron chi connectivity index (χ4n) is 2.69. The van der Waals surface area contributed by atoms with Crippen LogP contribution in [0.2, 0.25) is 0 Å². The minimum atomic E-state index is -1.27. The smallest absolute Gasteiger partial charge is 0.292 e. The maximum atomic E-state index is 12.6. The number of primary amides is 1. The van der Waals surface area contributed by atoms with Crippen molar-refractivity contribution in [3.05, 3.63) is 12.2 Å². The second kappa shape index (κ2) is 8.58. The number of rotatable bonds is 6. The lowest BCUT2D eigenvalue weighted by Crippen LogP contribution is -2.54. The predicted molar refractivity (Wildman–Crippen MR) is 90.7 cm³/mol. The quantitative estimate of drug-likeness (QED) is 0.478. The Kier molecular flexibility index (Phi) is 6.45. The highest BCUT2D eigenvalue weighted by Crippen LogP contribution is 2.11. The van der Waals surface area contributed by atoms with Crippen LogP contribution in [0.3, 0.4) is 0 Å². The molecular formula is C15H23N7O5. The Hall–Kier alpha value is -3.02. The molecule has 1 aliphatic heterocycles. The Morgan fingerprint density at radius 2 is 2.11 bits per heavy atom. The molecule has 0 aliphatic carbocycles. The van der Waals surface area contributed by atoms with Crippen LogP contribution >= 0.6 is 0 Å². The molecule has 4 N–H and O–H groups in total. The van der Waals surface area contributed by atoms with E-state index in [1.165, 1.54) is 27.7 Å². The minimum absolute atomic E-state index is 0.103. The average molecular weight is 381 g/mol. The van der Waals surface area contributed by atoms with Crippen molar-refractivity contribution in [3.8, 4) is 0 Å². The number of hydrogen-bond donors (Lipinski definition) is 3. The van der Waals surface area contributed by atoms with Gasteiger partial charge in [0.25, 0.3) is 5.91 Å². The highest BCUT2D eigenvalue weighted by molar-refractivity contribution is 5.92. The molecule has 1 aliphatic rings. The van der Waals surface area contributed by atoms with Crippen molar-refractivity contribution >= 4 is 23.6 Å². The van der Waals surface area contributed by atoms with E-state index in [-0.39, 0.29) is 31.4 Å². The fraction of sp³-hybridized carbons (Fsp3) is 0.600. The van der Waals surface area contributed by atoms with Crippen molar-refractivity contribution in [1.82, 2.24) is 29.9 Å². The van der Waals surface area contributed by atoms with Crippen molar-refractivity contribution < 1.29 is 24.3 Å². The number of aliphatic hydroxyl groups excluding tert-OH is 1. The maximum absolute atomic E-state index is 12.6. The van der Waals surface area contributed by atoms with Crippen molar-refractivity contribution in [3.63, 3.8) is 0 Å². The van der Waals surface area contributed by atoms with Gasteiger partial charge in [-0.15, -0.1) is 0 Å². The number of aliphatic hydroxyl groups is 1. The van der Waals surface area contributed by atoms with Crippen molar-refractivity contribution in [2.24, 2.45) is 12.8 Å². The Bertz CT molecular complexity index is 732. The average Bonchev–Trinajstić information content (AvgIpc) is 2.93. The molecule has 1 aromatic heterocycles. The molecule has 12 heteroatoms. The van der Waals surface area contributed by atoms with Gasteiger partial charge in [-0.1, -0.05) is 0 Å². The molecular weight excluding hydrogens is 358 g/mol. The van der Waals surface area contributed by atoms with Gasteiger partial charge in [0.1, 0.15) is 18.9 Å². The molecule has 1 fully saturated rings. The molecule has 2 unspecified atom stereocenters. The molecule has 0 radical (unpaired) electrons. The standard InChI is InChI=1S/C15H23N7O5/c1-9(23)12(13(16)26)19-10(24)6-22-8-21(5-3-4-11(22)25)15(27)14-17-7-18-20(14)2/h7,9,12,23H,3-6,8H2,1-2H3,(H2,16,26)(H,19,24). The minimum Gasteiger partial charge on any atom is -0.391 e. The van der Waals surface area contributed by atoms with Crippen LogP contribution in [0.25, 0.3) is 0 Å². The molecule has 4 amide bonds. The summed E-state index contributed by atoms with van der Waals surface area (Å²) in [6.07, 6.45) is 0.686. The van der Waals surface area contributed by atoms with Crippen LogP contribution in [0.4, 0.5) is 0 Å². The van der Waals surface area contributed by atoms with Crippen LogP contribution in [0, 0.1) is 0 Å². The van der Waals surface area contributed by atoms with E-state index < -0.39 is 29.9 Å². The number of hydrogen-bond acceptors (Lipinski definition) is 7. The van der Waals surface area contributed by atoms with Gasteiger partial charge in [0, 0.05) is 20.0 Å². The summed E-state index contributed by atoms with van der Waals surface area (Å²) in [4.78, 5) is 54.9. The van der Waals surface area contributed by atoms with Crippen molar-refractivity contribution in [2.45, 2.75) is 31.9 Å². The maximum Gasteiger partial charge on any atom is 0.292 e. The van der Waals surface area contributed by atoms with Gasteiger partial charge >= 0.3 is 0 Å². The van der Waals surface area contributed by atoms with Gasteiger partial charge in [-0.3, -0.25) is 19.2 Å². The van der Waals surface area contributed by atoms with E-state index in [1.807, 2.05) is 0 Å². The molecule has 27 heavy (non-hydrogen) atoms. The lowest BCUT2D eigenvalue weighted by molar-refractivity contribution is -0.137. The monoisotopic (exact) mass is 381 g/mol. The van der Waals surface area contributed by atoms with Gasteiger partial charge in [-0.05, 0) is 13.3 Å².